The van der Waals surface area contributed by atoms with Crippen LogP contribution in [0.15, 0.2) is 71.6 Å². The van der Waals surface area contributed by atoms with Crippen LogP contribution in [-0.4, -0.2) is 35.6 Å². The molecule has 3 aromatic carbocycles. The molecule has 1 heterocycles. The molecule has 7 nitrogen and oxygen atoms in total. The summed E-state index contributed by atoms with van der Waals surface area (Å²) in [6.07, 6.45) is 0. The van der Waals surface area contributed by atoms with Gasteiger partial charge in [0.1, 0.15) is 0 Å². The van der Waals surface area contributed by atoms with Crippen LogP contribution in [0.25, 0.3) is 5.57 Å². The van der Waals surface area contributed by atoms with E-state index in [0.717, 1.165) is 9.87 Å². The van der Waals surface area contributed by atoms with Crippen molar-refractivity contribution in [1.82, 2.24) is 5.32 Å². The van der Waals surface area contributed by atoms with Crippen molar-refractivity contribution in [2.75, 3.05) is 25.6 Å². The number of amides is 1. The zero-order valence-electron chi connectivity index (χ0n) is 18.8. The van der Waals surface area contributed by atoms with E-state index in [1.54, 1.807) is 60.7 Å². The zero-order valence-corrected chi connectivity index (χ0v) is 20.4. The number of ether oxygens (including phenoxy) is 2. The van der Waals surface area contributed by atoms with Gasteiger partial charge in [0, 0.05) is 29.8 Å². The Labute approximate surface area is 203 Å². The summed E-state index contributed by atoms with van der Waals surface area (Å²) in [5, 5.41) is 3.18. The van der Waals surface area contributed by atoms with Crippen LogP contribution in [0, 0.1) is 0 Å². The molecular weight excluding hydrogens is 476 g/mol. The SMILES string of the molecule is COc1ccc(CNC(=O)C2=C(c3ccccc3)c3cc(Cl)ccc3N(C)S2(=O)=O)cc1OC. The van der Waals surface area contributed by atoms with Gasteiger partial charge < -0.3 is 14.8 Å². The lowest BCUT2D eigenvalue weighted by Gasteiger charge is -2.31. The highest BCUT2D eigenvalue weighted by atomic mass is 35.5. The summed E-state index contributed by atoms with van der Waals surface area (Å²) in [4.78, 5) is 13.1. The summed E-state index contributed by atoms with van der Waals surface area (Å²) >= 11 is 6.26. The standard InChI is InChI=1S/C25H23ClN2O5S/c1-28-20-11-10-18(26)14-19(20)23(17-7-5-4-6-8-17)24(34(28,30)31)25(29)27-15-16-9-12-21(32-2)22(13-16)33-3/h4-14H,15H2,1-3H3,(H,27,29). The van der Waals surface area contributed by atoms with E-state index in [0.29, 0.717) is 38.9 Å². The van der Waals surface area contributed by atoms with Crippen molar-refractivity contribution >= 4 is 38.8 Å². The van der Waals surface area contributed by atoms with Gasteiger partial charge in [-0.05, 0) is 41.5 Å². The number of nitrogens with zero attached hydrogens (tertiary/aromatic N) is 1. The number of rotatable bonds is 6. The molecular formula is C25H23ClN2O5S. The van der Waals surface area contributed by atoms with E-state index in [2.05, 4.69) is 5.32 Å². The van der Waals surface area contributed by atoms with Crippen LogP contribution >= 0.6 is 11.6 Å². The second kappa shape index (κ2) is 9.40. The molecule has 1 aliphatic rings. The Kier molecular flexibility index (Phi) is 6.54. The minimum Gasteiger partial charge on any atom is -0.493 e. The predicted molar refractivity (Wildman–Crippen MR) is 133 cm³/mol. The maximum atomic E-state index is 13.5. The van der Waals surface area contributed by atoms with Gasteiger partial charge in [-0.15, -0.1) is 0 Å². The quantitative estimate of drug-likeness (QED) is 0.550. The molecule has 3 aromatic rings. The normalized spacial score (nSPS) is 14.4. The number of methoxy groups -OCH3 is 2. The molecule has 1 N–H and O–H groups in total. The van der Waals surface area contributed by atoms with E-state index in [4.69, 9.17) is 21.1 Å². The third-order valence-electron chi connectivity index (χ3n) is 5.58. The van der Waals surface area contributed by atoms with Crippen molar-refractivity contribution in [2.45, 2.75) is 6.54 Å². The Bertz CT molecular complexity index is 1390. The van der Waals surface area contributed by atoms with Crippen LogP contribution in [0.2, 0.25) is 5.02 Å². The molecule has 0 fully saturated rings. The van der Waals surface area contributed by atoms with Gasteiger partial charge in [-0.3, -0.25) is 9.10 Å². The second-order valence-corrected chi connectivity index (χ2v) is 9.92. The van der Waals surface area contributed by atoms with Gasteiger partial charge >= 0.3 is 0 Å². The smallest absolute Gasteiger partial charge is 0.270 e. The summed E-state index contributed by atoms with van der Waals surface area (Å²) in [5.41, 5.74) is 2.63. The molecule has 0 saturated heterocycles. The minimum atomic E-state index is -4.14. The lowest BCUT2D eigenvalue weighted by molar-refractivity contribution is -0.117. The molecule has 0 aliphatic carbocycles. The number of sulfonamides is 1. The third-order valence-corrected chi connectivity index (χ3v) is 7.64. The van der Waals surface area contributed by atoms with Crippen LogP contribution in [0.5, 0.6) is 11.5 Å². The van der Waals surface area contributed by atoms with Gasteiger partial charge in [0.25, 0.3) is 15.9 Å². The van der Waals surface area contributed by atoms with Crippen molar-refractivity contribution in [2.24, 2.45) is 0 Å². The van der Waals surface area contributed by atoms with Gasteiger partial charge in [-0.2, -0.15) is 0 Å². The van der Waals surface area contributed by atoms with Crippen molar-refractivity contribution < 1.29 is 22.7 Å². The number of nitrogens with one attached hydrogen (secondary N) is 1. The van der Waals surface area contributed by atoms with E-state index in [-0.39, 0.29) is 11.4 Å². The number of halogens is 1. The molecule has 0 spiro atoms. The molecule has 34 heavy (non-hydrogen) atoms. The van der Waals surface area contributed by atoms with Crippen molar-refractivity contribution in [3.05, 3.63) is 93.3 Å². The number of carbonyl (C=O) groups excluding carboxylic acids is 1. The number of benzene rings is 3. The average Bonchev–Trinajstić information content (AvgIpc) is 2.84. The Morgan fingerprint density at radius 3 is 2.35 bits per heavy atom. The highest BCUT2D eigenvalue weighted by molar-refractivity contribution is 7.97. The largest absolute Gasteiger partial charge is 0.493 e. The lowest BCUT2D eigenvalue weighted by Crippen LogP contribution is -2.39. The van der Waals surface area contributed by atoms with E-state index < -0.39 is 15.9 Å². The van der Waals surface area contributed by atoms with Gasteiger partial charge in [-0.25, -0.2) is 8.42 Å². The van der Waals surface area contributed by atoms with Gasteiger partial charge in [0.05, 0.1) is 19.9 Å². The molecule has 176 valence electrons. The second-order valence-electron chi connectivity index (χ2n) is 7.58. The molecule has 0 saturated carbocycles. The summed E-state index contributed by atoms with van der Waals surface area (Å²) in [5.74, 6) is 0.342. The number of hydrogen-bond donors (Lipinski definition) is 1. The molecule has 1 aliphatic heterocycles. The van der Waals surface area contributed by atoms with Crippen molar-refractivity contribution in [3.63, 3.8) is 0 Å². The molecule has 1 amide bonds. The third kappa shape index (κ3) is 4.22. The topological polar surface area (TPSA) is 84.9 Å². The summed E-state index contributed by atoms with van der Waals surface area (Å²) in [6, 6.07) is 19.1. The van der Waals surface area contributed by atoms with Crippen LogP contribution in [0.4, 0.5) is 5.69 Å². The highest BCUT2D eigenvalue weighted by Gasteiger charge is 2.39. The van der Waals surface area contributed by atoms with Crippen molar-refractivity contribution in [1.29, 1.82) is 0 Å². The number of fused-ring (bicyclic) bond motifs is 1. The first-order valence-electron chi connectivity index (χ1n) is 10.4. The maximum absolute atomic E-state index is 13.5. The summed E-state index contributed by atoms with van der Waals surface area (Å²) < 4.78 is 38.7. The summed E-state index contributed by atoms with van der Waals surface area (Å²) in [6.45, 7) is 0.0897. The van der Waals surface area contributed by atoms with Gasteiger partial charge in [0.15, 0.2) is 16.4 Å². The molecule has 4 rings (SSSR count). The Morgan fingerprint density at radius 2 is 1.68 bits per heavy atom. The molecule has 0 aromatic heterocycles. The maximum Gasteiger partial charge on any atom is 0.270 e. The fourth-order valence-corrected chi connectivity index (χ4v) is 5.53. The summed E-state index contributed by atoms with van der Waals surface area (Å²) in [7, 11) is 0.333. The highest BCUT2D eigenvalue weighted by Crippen LogP contribution is 2.43. The monoisotopic (exact) mass is 498 g/mol. The minimum absolute atomic E-state index is 0.0897. The Hall–Kier alpha value is -3.49. The van der Waals surface area contributed by atoms with Crippen LogP contribution in [-0.2, 0) is 21.4 Å². The fourth-order valence-electron chi connectivity index (χ4n) is 3.88. The van der Waals surface area contributed by atoms with Gasteiger partial charge in [-0.1, -0.05) is 48.0 Å². The van der Waals surface area contributed by atoms with E-state index >= 15 is 0 Å². The molecule has 0 bridgehead atoms. The van der Waals surface area contributed by atoms with Crippen LogP contribution in [0.3, 0.4) is 0 Å². The average molecular weight is 499 g/mol. The van der Waals surface area contributed by atoms with E-state index in [1.165, 1.54) is 21.3 Å². The Morgan fingerprint density at radius 1 is 0.971 bits per heavy atom. The number of anilines is 1. The molecule has 9 heteroatoms. The van der Waals surface area contributed by atoms with Crippen LogP contribution < -0.4 is 19.1 Å². The van der Waals surface area contributed by atoms with E-state index in [1.807, 2.05) is 6.07 Å². The predicted octanol–water partition coefficient (Wildman–Crippen LogP) is 4.21. The first-order chi connectivity index (χ1) is 16.3. The first-order valence-corrected chi connectivity index (χ1v) is 12.2. The van der Waals surface area contributed by atoms with E-state index in [9.17, 15) is 13.2 Å². The Balaban J connectivity index is 1.81. The zero-order chi connectivity index (χ0) is 24.5. The van der Waals surface area contributed by atoms with Gasteiger partial charge in [0.2, 0.25) is 0 Å². The number of hydrogen-bond acceptors (Lipinski definition) is 5. The molecule has 0 radical (unpaired) electrons. The van der Waals surface area contributed by atoms with Crippen molar-refractivity contribution in [3.8, 4) is 11.5 Å². The first kappa shape index (κ1) is 23.7. The lowest BCUT2D eigenvalue weighted by atomic mass is 9.95. The molecule has 0 atom stereocenters. The number of carbonyl (C=O) groups is 1. The van der Waals surface area contributed by atoms with Crippen LogP contribution in [0.1, 0.15) is 16.7 Å². The fraction of sp³-hybridized carbons (Fsp3) is 0.160. The molecule has 0 unspecified atom stereocenters.